The smallest absolute Gasteiger partial charge is 0.265 e. The number of nitrogens with one attached hydrogen (secondary N) is 1. The molecule has 1 aliphatic heterocycles. The predicted octanol–water partition coefficient (Wildman–Crippen LogP) is 2.80. The third-order valence-corrected chi connectivity index (χ3v) is 3.53. The van der Waals surface area contributed by atoms with Crippen LogP contribution in [0.15, 0.2) is 59.7 Å². The number of amides is 2. The second-order valence-electron chi connectivity index (χ2n) is 5.13. The van der Waals surface area contributed by atoms with Crippen LogP contribution in [-0.2, 0) is 9.59 Å². The maximum Gasteiger partial charge on any atom is 0.265 e. The van der Waals surface area contributed by atoms with E-state index in [0.717, 1.165) is 0 Å². The van der Waals surface area contributed by atoms with Gasteiger partial charge in [-0.05, 0) is 31.2 Å². The lowest BCUT2D eigenvalue weighted by Gasteiger charge is -2.14. The highest BCUT2D eigenvalue weighted by atomic mass is 19.1. The van der Waals surface area contributed by atoms with Gasteiger partial charge in [-0.25, -0.2) is 4.39 Å². The zero-order valence-electron chi connectivity index (χ0n) is 12.4. The van der Waals surface area contributed by atoms with E-state index in [4.69, 9.17) is 0 Å². The third kappa shape index (κ3) is 2.83. The summed E-state index contributed by atoms with van der Waals surface area (Å²) in [4.78, 5) is 24.8. The summed E-state index contributed by atoms with van der Waals surface area (Å²) in [6, 6.07) is 14.6. The van der Waals surface area contributed by atoms with E-state index >= 15 is 0 Å². The molecule has 3 rings (SSSR count). The summed E-state index contributed by atoms with van der Waals surface area (Å²) in [5, 5.41) is 7.79. The molecule has 23 heavy (non-hydrogen) atoms. The highest BCUT2D eigenvalue weighted by Crippen LogP contribution is 2.25. The Bertz CT molecular complexity index is 789. The predicted molar refractivity (Wildman–Crippen MR) is 85.6 cm³/mol. The average Bonchev–Trinajstić information content (AvgIpc) is 2.85. The minimum Gasteiger partial charge on any atom is -0.323 e. The quantitative estimate of drug-likeness (QED) is 0.886. The van der Waals surface area contributed by atoms with Crippen molar-refractivity contribution in [1.82, 2.24) is 0 Å². The molecule has 0 saturated carbocycles. The summed E-state index contributed by atoms with van der Waals surface area (Å²) >= 11 is 0. The maximum absolute atomic E-state index is 13.6. The molecule has 1 N–H and O–H groups in total. The lowest BCUT2D eigenvalue weighted by atomic mass is 10.0. The molecule has 2 aromatic rings. The van der Waals surface area contributed by atoms with Crippen LogP contribution in [0.4, 0.5) is 15.8 Å². The van der Waals surface area contributed by atoms with Crippen molar-refractivity contribution < 1.29 is 14.0 Å². The molecule has 0 aromatic heterocycles. The van der Waals surface area contributed by atoms with Crippen LogP contribution >= 0.6 is 0 Å². The number of benzene rings is 2. The molecule has 6 heteroatoms. The topological polar surface area (TPSA) is 61.8 Å². The van der Waals surface area contributed by atoms with E-state index < -0.39 is 23.5 Å². The van der Waals surface area contributed by atoms with Gasteiger partial charge < -0.3 is 5.32 Å². The van der Waals surface area contributed by atoms with E-state index in [1.807, 2.05) is 6.07 Å². The monoisotopic (exact) mass is 311 g/mol. The fraction of sp³-hybridized carbons (Fsp3) is 0.118. The first kappa shape index (κ1) is 14.9. The van der Waals surface area contributed by atoms with E-state index in [9.17, 15) is 14.0 Å². The van der Waals surface area contributed by atoms with E-state index in [1.165, 1.54) is 23.2 Å². The van der Waals surface area contributed by atoms with Crippen LogP contribution in [0.3, 0.4) is 0 Å². The number of anilines is 2. The SMILES string of the molecule is CC1=NN(c2ccccc2)C(=O)[C@@H]1C(=O)Nc1ccccc1F. The molecule has 0 aliphatic carbocycles. The van der Waals surface area contributed by atoms with Crippen molar-refractivity contribution in [3.05, 3.63) is 60.4 Å². The van der Waals surface area contributed by atoms with Gasteiger partial charge in [0.15, 0.2) is 5.92 Å². The fourth-order valence-electron chi connectivity index (χ4n) is 2.39. The Balaban J connectivity index is 1.81. The molecule has 1 heterocycles. The lowest BCUT2D eigenvalue weighted by Crippen LogP contribution is -2.36. The van der Waals surface area contributed by atoms with Crippen molar-refractivity contribution in [3.8, 4) is 0 Å². The number of carbonyl (C=O) groups is 2. The number of carbonyl (C=O) groups excluding carboxylic acids is 2. The molecular formula is C17H14FN3O2. The molecule has 2 aromatic carbocycles. The third-order valence-electron chi connectivity index (χ3n) is 3.53. The van der Waals surface area contributed by atoms with Gasteiger partial charge in [-0.15, -0.1) is 0 Å². The van der Waals surface area contributed by atoms with Crippen molar-refractivity contribution in [3.63, 3.8) is 0 Å². The number of hydrazone groups is 1. The van der Waals surface area contributed by atoms with Gasteiger partial charge in [0.25, 0.3) is 5.91 Å². The Hall–Kier alpha value is -3.02. The molecule has 0 fully saturated rings. The molecule has 1 aliphatic rings. The van der Waals surface area contributed by atoms with E-state index in [0.29, 0.717) is 11.4 Å². The van der Waals surface area contributed by atoms with Crippen LogP contribution in [0.1, 0.15) is 6.92 Å². The highest BCUT2D eigenvalue weighted by molar-refractivity contribution is 6.28. The van der Waals surface area contributed by atoms with E-state index in [-0.39, 0.29) is 5.69 Å². The van der Waals surface area contributed by atoms with Crippen molar-refractivity contribution in [2.24, 2.45) is 11.0 Å². The fourth-order valence-corrected chi connectivity index (χ4v) is 2.39. The first-order valence-corrected chi connectivity index (χ1v) is 7.07. The molecule has 0 bridgehead atoms. The van der Waals surface area contributed by atoms with E-state index in [1.54, 1.807) is 37.3 Å². The summed E-state index contributed by atoms with van der Waals surface area (Å²) in [7, 11) is 0. The van der Waals surface area contributed by atoms with Crippen LogP contribution in [0, 0.1) is 11.7 Å². The Morgan fingerprint density at radius 2 is 1.78 bits per heavy atom. The number of hydrogen-bond acceptors (Lipinski definition) is 3. The standard InChI is InChI=1S/C17H14FN3O2/c1-11-15(16(22)19-14-10-6-5-9-13(14)18)17(23)21(20-11)12-7-3-2-4-8-12/h2-10,15H,1H3,(H,19,22)/t15-/m0/s1. The van der Waals surface area contributed by atoms with Crippen LogP contribution in [0.25, 0.3) is 0 Å². The summed E-state index contributed by atoms with van der Waals surface area (Å²) < 4.78 is 13.6. The minimum atomic E-state index is -1.06. The van der Waals surface area contributed by atoms with Gasteiger partial charge >= 0.3 is 0 Å². The first-order valence-electron chi connectivity index (χ1n) is 7.07. The van der Waals surface area contributed by atoms with Gasteiger partial charge in [-0.3, -0.25) is 9.59 Å². The van der Waals surface area contributed by atoms with Crippen molar-refractivity contribution in [1.29, 1.82) is 0 Å². The second-order valence-corrected chi connectivity index (χ2v) is 5.13. The Morgan fingerprint density at radius 3 is 2.48 bits per heavy atom. The van der Waals surface area contributed by atoms with Crippen LogP contribution in [0.2, 0.25) is 0 Å². The van der Waals surface area contributed by atoms with Crippen molar-refractivity contribution in [2.75, 3.05) is 10.3 Å². The minimum absolute atomic E-state index is 0.0382. The Kier molecular flexibility index (Phi) is 3.89. The summed E-state index contributed by atoms with van der Waals surface area (Å²) in [6.07, 6.45) is 0. The molecular weight excluding hydrogens is 297 g/mol. The Labute approximate surface area is 132 Å². The largest absolute Gasteiger partial charge is 0.323 e. The van der Waals surface area contributed by atoms with Crippen LogP contribution in [-0.4, -0.2) is 17.5 Å². The van der Waals surface area contributed by atoms with Crippen LogP contribution in [0.5, 0.6) is 0 Å². The molecule has 0 radical (unpaired) electrons. The Morgan fingerprint density at radius 1 is 1.13 bits per heavy atom. The first-order chi connectivity index (χ1) is 11.1. The number of para-hydroxylation sites is 2. The number of hydrogen-bond donors (Lipinski definition) is 1. The van der Waals surface area contributed by atoms with Crippen LogP contribution < -0.4 is 10.3 Å². The zero-order chi connectivity index (χ0) is 16.4. The van der Waals surface area contributed by atoms with Gasteiger partial charge in [-0.1, -0.05) is 30.3 Å². The summed E-state index contributed by atoms with van der Waals surface area (Å²) in [5.41, 5.74) is 0.988. The molecule has 0 spiro atoms. The van der Waals surface area contributed by atoms with Gasteiger partial charge in [-0.2, -0.15) is 10.1 Å². The zero-order valence-corrected chi connectivity index (χ0v) is 12.4. The highest BCUT2D eigenvalue weighted by Gasteiger charge is 2.39. The molecule has 0 unspecified atom stereocenters. The van der Waals surface area contributed by atoms with Gasteiger partial charge in [0.05, 0.1) is 17.1 Å². The van der Waals surface area contributed by atoms with Crippen molar-refractivity contribution >= 4 is 28.9 Å². The van der Waals surface area contributed by atoms with Gasteiger partial charge in [0.1, 0.15) is 5.82 Å². The molecule has 116 valence electrons. The maximum atomic E-state index is 13.6. The summed E-state index contributed by atoms with van der Waals surface area (Å²) in [6.45, 7) is 1.60. The molecule has 0 saturated heterocycles. The van der Waals surface area contributed by atoms with E-state index in [2.05, 4.69) is 10.4 Å². The van der Waals surface area contributed by atoms with Gasteiger partial charge in [0, 0.05) is 0 Å². The second kappa shape index (κ2) is 6.00. The van der Waals surface area contributed by atoms with Gasteiger partial charge in [0.2, 0.25) is 5.91 Å². The number of rotatable bonds is 3. The van der Waals surface area contributed by atoms with Crippen molar-refractivity contribution in [2.45, 2.75) is 6.92 Å². The number of nitrogens with zero attached hydrogens (tertiary/aromatic N) is 2. The molecule has 2 amide bonds. The number of halogens is 1. The average molecular weight is 311 g/mol. The summed E-state index contributed by atoms with van der Waals surface area (Å²) in [5.74, 6) is -2.67. The molecule has 5 nitrogen and oxygen atoms in total. The normalized spacial score (nSPS) is 17.1. The lowest BCUT2D eigenvalue weighted by molar-refractivity contribution is -0.127. The molecule has 1 atom stereocenters.